The maximum atomic E-state index is 14.5. The summed E-state index contributed by atoms with van der Waals surface area (Å²) in [6, 6.07) is 1.82. The maximum Gasteiger partial charge on any atom is 0.343 e. The lowest BCUT2D eigenvalue weighted by atomic mass is 9.86. The molecule has 168 valence electrons. The molecule has 1 aliphatic heterocycles. The van der Waals surface area contributed by atoms with Crippen molar-refractivity contribution < 1.29 is 18.4 Å². The van der Waals surface area contributed by atoms with Crippen molar-refractivity contribution in [3.05, 3.63) is 41.1 Å². The summed E-state index contributed by atoms with van der Waals surface area (Å²) in [5.41, 5.74) is 1.05. The highest BCUT2D eigenvalue weighted by Gasteiger charge is 2.35. The molecule has 3 rings (SSSR count). The van der Waals surface area contributed by atoms with E-state index in [1.807, 2.05) is 27.7 Å². The Morgan fingerprint density at radius 2 is 1.97 bits per heavy atom. The molecule has 0 aliphatic carbocycles. The molecule has 0 spiro atoms. The molecule has 7 nitrogen and oxygen atoms in total. The van der Waals surface area contributed by atoms with E-state index in [9.17, 15) is 18.4 Å². The van der Waals surface area contributed by atoms with Crippen molar-refractivity contribution in [1.82, 2.24) is 25.3 Å². The zero-order valence-corrected chi connectivity index (χ0v) is 18.6. The monoisotopic (exact) mass is 433 g/mol. The number of aromatic nitrogens is 2. The Morgan fingerprint density at radius 3 is 2.58 bits per heavy atom. The molecule has 1 aliphatic rings. The molecular weight excluding hydrogens is 404 g/mol. The predicted molar refractivity (Wildman–Crippen MR) is 113 cm³/mol. The van der Waals surface area contributed by atoms with E-state index in [0.717, 1.165) is 24.7 Å². The second kappa shape index (κ2) is 8.74. The van der Waals surface area contributed by atoms with Crippen LogP contribution in [-0.2, 0) is 17.8 Å². The Balaban J connectivity index is 2.07. The number of carbonyl (C=O) groups excluding carboxylic acids is 2. The molecule has 0 saturated carbocycles. The van der Waals surface area contributed by atoms with Gasteiger partial charge in [-0.2, -0.15) is 9.78 Å². The van der Waals surface area contributed by atoms with Crippen molar-refractivity contribution in [2.45, 2.75) is 46.7 Å². The molecule has 2 N–H and O–H groups in total. The first-order valence-corrected chi connectivity index (χ1v) is 10.4. The van der Waals surface area contributed by atoms with E-state index >= 15 is 0 Å². The molecule has 2 aromatic rings. The molecule has 0 radical (unpaired) electrons. The van der Waals surface area contributed by atoms with Gasteiger partial charge in [-0.1, -0.05) is 27.7 Å². The number of hydrogen-bond acceptors (Lipinski definition) is 4. The molecular formula is C22H29F2N5O2. The van der Waals surface area contributed by atoms with Crippen LogP contribution in [0.15, 0.2) is 18.2 Å². The normalized spacial score (nSPS) is 15.3. The first-order valence-electron chi connectivity index (χ1n) is 10.4. The fourth-order valence-electron chi connectivity index (χ4n) is 3.81. The van der Waals surface area contributed by atoms with Crippen LogP contribution in [0.3, 0.4) is 0 Å². The molecule has 1 aromatic heterocycles. The highest BCUT2D eigenvalue weighted by Crippen LogP contribution is 2.32. The summed E-state index contributed by atoms with van der Waals surface area (Å²) in [6.45, 7) is 9.52. The largest absolute Gasteiger partial charge is 0.357 e. The van der Waals surface area contributed by atoms with E-state index in [4.69, 9.17) is 0 Å². The van der Waals surface area contributed by atoms with E-state index in [1.165, 1.54) is 11.7 Å². The predicted octanol–water partition coefficient (Wildman–Crippen LogP) is 2.92. The lowest BCUT2D eigenvalue weighted by Gasteiger charge is -2.30. The third kappa shape index (κ3) is 4.61. The number of amides is 2. The fraction of sp³-hybridized carbons (Fsp3) is 0.500. The molecule has 0 saturated heterocycles. The van der Waals surface area contributed by atoms with Crippen molar-refractivity contribution >= 4 is 11.9 Å². The third-order valence-corrected chi connectivity index (χ3v) is 5.60. The third-order valence-electron chi connectivity index (χ3n) is 5.60. The quantitative estimate of drug-likeness (QED) is 0.777. The van der Waals surface area contributed by atoms with Crippen LogP contribution in [0.25, 0.3) is 11.3 Å². The molecule has 1 atom stereocenters. The summed E-state index contributed by atoms with van der Waals surface area (Å²) < 4.78 is 29.6. The first-order chi connectivity index (χ1) is 14.6. The van der Waals surface area contributed by atoms with Crippen LogP contribution < -0.4 is 10.6 Å². The van der Waals surface area contributed by atoms with E-state index in [0.29, 0.717) is 30.8 Å². The Kier molecular flexibility index (Phi) is 6.45. The number of fused-ring (bicyclic) bond motifs is 1. The Labute approximate surface area is 180 Å². The minimum absolute atomic E-state index is 0.0134. The number of benzene rings is 1. The smallest absolute Gasteiger partial charge is 0.343 e. The average Bonchev–Trinajstić information content (AvgIpc) is 3.10. The van der Waals surface area contributed by atoms with E-state index in [1.54, 1.807) is 0 Å². The fourth-order valence-corrected chi connectivity index (χ4v) is 3.81. The second-order valence-corrected chi connectivity index (χ2v) is 8.79. The van der Waals surface area contributed by atoms with Crippen molar-refractivity contribution in [2.24, 2.45) is 5.41 Å². The van der Waals surface area contributed by atoms with Crippen LogP contribution in [0, 0.1) is 17.0 Å². The van der Waals surface area contributed by atoms with Gasteiger partial charge in [0.1, 0.15) is 23.4 Å². The van der Waals surface area contributed by atoms with Crippen molar-refractivity contribution in [1.29, 1.82) is 0 Å². The summed E-state index contributed by atoms with van der Waals surface area (Å²) in [6.07, 6.45) is 0.528. The number of hydrogen-bond donors (Lipinski definition) is 2. The summed E-state index contributed by atoms with van der Waals surface area (Å²) in [7, 11) is 1.51. The Morgan fingerprint density at radius 1 is 1.26 bits per heavy atom. The van der Waals surface area contributed by atoms with E-state index < -0.39 is 29.1 Å². The van der Waals surface area contributed by atoms with Gasteiger partial charge in [-0.05, 0) is 30.2 Å². The molecule has 9 heteroatoms. The van der Waals surface area contributed by atoms with Crippen molar-refractivity contribution in [2.75, 3.05) is 20.1 Å². The van der Waals surface area contributed by atoms with Gasteiger partial charge in [-0.15, -0.1) is 0 Å². The standard InChI is InChI=1S/C22H29F2N5O2/c1-6-28-10-9-17-15(12-28)18(14-11-13(23)7-8-16(14)24)27-29(17)21(31)26-19(20(30)25-5)22(2,3)4/h7-8,11,19H,6,9-10,12H2,1-5H3,(H,25,30)(H,26,31)/t19-/m1/s1. The number of likely N-dealkylation sites (N-methyl/N-ethyl adjacent to an activating group) is 2. The average molecular weight is 434 g/mol. The topological polar surface area (TPSA) is 79.3 Å². The van der Waals surface area contributed by atoms with Crippen LogP contribution in [0.4, 0.5) is 13.6 Å². The van der Waals surface area contributed by atoms with Gasteiger partial charge in [0, 0.05) is 37.7 Å². The van der Waals surface area contributed by atoms with E-state index in [2.05, 4.69) is 20.6 Å². The number of rotatable bonds is 4. The summed E-state index contributed by atoms with van der Waals surface area (Å²) in [5, 5.41) is 9.72. The van der Waals surface area contributed by atoms with Crippen LogP contribution in [0.2, 0.25) is 0 Å². The number of nitrogens with one attached hydrogen (secondary N) is 2. The maximum absolute atomic E-state index is 14.5. The van der Waals surface area contributed by atoms with Crippen LogP contribution in [0.1, 0.15) is 39.0 Å². The molecule has 0 unspecified atom stereocenters. The zero-order chi connectivity index (χ0) is 22.9. The molecule has 1 aromatic carbocycles. The summed E-state index contributed by atoms with van der Waals surface area (Å²) in [4.78, 5) is 27.7. The van der Waals surface area contributed by atoms with Crippen molar-refractivity contribution in [3.8, 4) is 11.3 Å². The number of carbonyl (C=O) groups is 2. The van der Waals surface area contributed by atoms with Gasteiger partial charge in [0.05, 0.1) is 5.69 Å². The summed E-state index contributed by atoms with van der Waals surface area (Å²) in [5.74, 6) is -1.52. The highest BCUT2D eigenvalue weighted by atomic mass is 19.1. The number of nitrogens with zero attached hydrogens (tertiary/aromatic N) is 3. The lowest BCUT2D eigenvalue weighted by Crippen LogP contribution is -2.54. The Hall–Kier alpha value is -2.81. The lowest BCUT2D eigenvalue weighted by molar-refractivity contribution is -0.124. The van der Waals surface area contributed by atoms with Gasteiger partial charge in [0.2, 0.25) is 5.91 Å². The molecule has 0 bridgehead atoms. The van der Waals surface area contributed by atoms with Gasteiger partial charge >= 0.3 is 6.03 Å². The van der Waals surface area contributed by atoms with Gasteiger partial charge in [-0.3, -0.25) is 9.69 Å². The molecule has 31 heavy (non-hydrogen) atoms. The van der Waals surface area contributed by atoms with Gasteiger partial charge in [0.25, 0.3) is 0 Å². The minimum Gasteiger partial charge on any atom is -0.357 e. The van der Waals surface area contributed by atoms with Crippen LogP contribution in [-0.4, -0.2) is 52.8 Å². The number of halogens is 2. The summed E-state index contributed by atoms with van der Waals surface area (Å²) >= 11 is 0. The SMILES string of the molecule is CCN1CCc2c(c(-c3cc(F)ccc3F)nn2C(=O)N[C@H](C(=O)NC)C(C)(C)C)C1. The molecule has 2 heterocycles. The zero-order valence-electron chi connectivity index (χ0n) is 18.6. The second-order valence-electron chi connectivity index (χ2n) is 8.79. The van der Waals surface area contributed by atoms with Crippen molar-refractivity contribution in [3.63, 3.8) is 0 Å². The highest BCUT2D eigenvalue weighted by molar-refractivity contribution is 5.88. The first kappa shape index (κ1) is 22.9. The minimum atomic E-state index is -0.796. The molecule has 0 fully saturated rings. The van der Waals surface area contributed by atoms with Gasteiger partial charge in [-0.25, -0.2) is 13.6 Å². The van der Waals surface area contributed by atoms with Crippen LogP contribution in [0.5, 0.6) is 0 Å². The van der Waals surface area contributed by atoms with E-state index in [-0.39, 0.29) is 17.2 Å². The van der Waals surface area contributed by atoms with Gasteiger partial charge in [0.15, 0.2) is 0 Å². The van der Waals surface area contributed by atoms with Crippen LogP contribution >= 0.6 is 0 Å². The van der Waals surface area contributed by atoms with Gasteiger partial charge < -0.3 is 10.6 Å². The molecule has 2 amide bonds. The Bertz CT molecular complexity index is 997.